The molecule has 2 amide bonds. The minimum atomic E-state index is -0.651. The average molecular weight is 433 g/mol. The van der Waals surface area contributed by atoms with Gasteiger partial charge in [-0.05, 0) is 34.9 Å². The molecule has 1 aliphatic rings. The molecule has 3 aromatic rings. The normalized spacial score (nSPS) is 16.2. The number of halogens is 1. The lowest BCUT2D eigenvalue weighted by Gasteiger charge is -2.39. The van der Waals surface area contributed by atoms with Crippen LogP contribution in [0.3, 0.4) is 0 Å². The third kappa shape index (κ3) is 4.32. The maximum Gasteiger partial charge on any atom is 0.254 e. The molecule has 7 heteroatoms. The fourth-order valence-corrected chi connectivity index (χ4v) is 3.99. The van der Waals surface area contributed by atoms with Crippen LogP contribution in [0.4, 0.5) is 4.39 Å². The second-order valence-electron chi connectivity index (χ2n) is 7.73. The fourth-order valence-electron chi connectivity index (χ4n) is 3.99. The largest absolute Gasteiger partial charge is 0.481 e. The van der Waals surface area contributed by atoms with Crippen molar-refractivity contribution in [1.29, 1.82) is 0 Å². The molecular weight excluding hydrogens is 409 g/mol. The lowest BCUT2D eigenvalue weighted by atomic mass is 9.93. The van der Waals surface area contributed by atoms with Crippen molar-refractivity contribution in [2.24, 2.45) is 0 Å². The summed E-state index contributed by atoms with van der Waals surface area (Å²) >= 11 is 0. The van der Waals surface area contributed by atoms with E-state index in [0.29, 0.717) is 31.0 Å². The summed E-state index contributed by atoms with van der Waals surface area (Å²) in [5.41, 5.74) is 3.10. The lowest BCUT2D eigenvalue weighted by Crippen LogP contribution is -2.58. The van der Waals surface area contributed by atoms with E-state index in [1.165, 1.54) is 25.4 Å². The zero-order chi connectivity index (χ0) is 22.7. The number of hydrogen-bond donors (Lipinski definition) is 0. The number of aromatic nitrogens is 1. The maximum absolute atomic E-state index is 13.4. The predicted octanol–water partition coefficient (Wildman–Crippen LogP) is 3.42. The van der Waals surface area contributed by atoms with Crippen LogP contribution in [0.25, 0.3) is 11.1 Å². The molecular formula is C25H24FN3O3. The third-order valence-corrected chi connectivity index (χ3v) is 5.75. The Morgan fingerprint density at radius 3 is 2.62 bits per heavy atom. The van der Waals surface area contributed by atoms with E-state index in [1.807, 2.05) is 24.3 Å². The molecule has 2 aromatic carbocycles. The van der Waals surface area contributed by atoms with E-state index in [2.05, 4.69) is 4.98 Å². The van der Waals surface area contributed by atoms with E-state index in [-0.39, 0.29) is 17.6 Å². The van der Waals surface area contributed by atoms with Crippen molar-refractivity contribution in [3.63, 3.8) is 0 Å². The van der Waals surface area contributed by atoms with Crippen LogP contribution in [0.1, 0.15) is 15.9 Å². The predicted molar refractivity (Wildman–Crippen MR) is 119 cm³/mol. The fraction of sp³-hybridized carbons (Fsp3) is 0.240. The van der Waals surface area contributed by atoms with Crippen molar-refractivity contribution >= 4 is 11.8 Å². The summed E-state index contributed by atoms with van der Waals surface area (Å²) in [4.78, 5) is 33.8. The number of rotatable bonds is 5. The SMILES string of the molecule is COc1cc(C(=O)N2CCN(C)C(=O)C2Cc2ccccc2-c2ccc(F)cc2)ccn1. The number of benzene rings is 2. The molecule has 4 rings (SSSR count). The Morgan fingerprint density at radius 2 is 1.88 bits per heavy atom. The molecule has 1 aromatic heterocycles. The molecule has 1 aliphatic heterocycles. The highest BCUT2D eigenvalue weighted by Crippen LogP contribution is 2.27. The Labute approximate surface area is 186 Å². The van der Waals surface area contributed by atoms with E-state index in [1.54, 1.807) is 41.1 Å². The Morgan fingerprint density at radius 1 is 1.12 bits per heavy atom. The van der Waals surface area contributed by atoms with Crippen molar-refractivity contribution in [3.05, 3.63) is 83.8 Å². The van der Waals surface area contributed by atoms with Crippen molar-refractivity contribution in [1.82, 2.24) is 14.8 Å². The van der Waals surface area contributed by atoms with E-state index in [4.69, 9.17) is 4.74 Å². The molecule has 1 atom stereocenters. The number of hydrogen-bond acceptors (Lipinski definition) is 4. The molecule has 0 N–H and O–H groups in total. The first kappa shape index (κ1) is 21.5. The van der Waals surface area contributed by atoms with Crippen LogP contribution in [0.2, 0.25) is 0 Å². The monoisotopic (exact) mass is 433 g/mol. The Kier molecular flexibility index (Phi) is 6.16. The van der Waals surface area contributed by atoms with E-state index in [0.717, 1.165) is 16.7 Å². The first-order chi connectivity index (χ1) is 15.5. The summed E-state index contributed by atoms with van der Waals surface area (Å²) < 4.78 is 18.6. The molecule has 0 bridgehead atoms. The van der Waals surface area contributed by atoms with Gasteiger partial charge in [-0.3, -0.25) is 9.59 Å². The summed E-state index contributed by atoms with van der Waals surface area (Å²) in [7, 11) is 3.24. The van der Waals surface area contributed by atoms with Crippen molar-refractivity contribution < 1.29 is 18.7 Å². The molecule has 0 saturated carbocycles. The smallest absolute Gasteiger partial charge is 0.254 e. The van der Waals surface area contributed by atoms with Crippen molar-refractivity contribution in [2.45, 2.75) is 12.5 Å². The summed E-state index contributed by atoms with van der Waals surface area (Å²) in [6.07, 6.45) is 1.87. The lowest BCUT2D eigenvalue weighted by molar-refractivity contribution is -0.138. The van der Waals surface area contributed by atoms with Gasteiger partial charge in [-0.1, -0.05) is 36.4 Å². The Bertz CT molecular complexity index is 1130. The molecule has 1 saturated heterocycles. The number of carbonyl (C=O) groups is 2. The zero-order valence-corrected chi connectivity index (χ0v) is 18.0. The van der Waals surface area contributed by atoms with Gasteiger partial charge in [-0.25, -0.2) is 9.37 Å². The number of piperazine rings is 1. The Hall–Kier alpha value is -3.74. The van der Waals surface area contributed by atoms with Crippen LogP contribution in [-0.2, 0) is 11.2 Å². The summed E-state index contributed by atoms with van der Waals surface area (Å²) in [5, 5.41) is 0. The molecule has 2 heterocycles. The van der Waals surface area contributed by atoms with Crippen molar-refractivity contribution in [2.75, 3.05) is 27.2 Å². The van der Waals surface area contributed by atoms with Crippen LogP contribution in [0.5, 0.6) is 5.88 Å². The number of methoxy groups -OCH3 is 1. The molecule has 6 nitrogen and oxygen atoms in total. The highest BCUT2D eigenvalue weighted by molar-refractivity contribution is 5.98. The van der Waals surface area contributed by atoms with E-state index in [9.17, 15) is 14.0 Å². The van der Waals surface area contributed by atoms with Gasteiger partial charge in [0.1, 0.15) is 11.9 Å². The summed E-state index contributed by atoms with van der Waals surface area (Å²) in [6.45, 7) is 0.887. The van der Waals surface area contributed by atoms with Crippen LogP contribution < -0.4 is 4.74 Å². The number of carbonyl (C=O) groups excluding carboxylic acids is 2. The summed E-state index contributed by atoms with van der Waals surface area (Å²) in [6, 6.07) is 16.5. The molecule has 1 fully saturated rings. The molecule has 0 radical (unpaired) electrons. The van der Waals surface area contributed by atoms with E-state index >= 15 is 0 Å². The van der Waals surface area contributed by atoms with Gasteiger partial charge < -0.3 is 14.5 Å². The second kappa shape index (κ2) is 9.18. The first-order valence-electron chi connectivity index (χ1n) is 10.4. The molecule has 164 valence electrons. The van der Waals surface area contributed by atoms with Gasteiger partial charge in [0.25, 0.3) is 5.91 Å². The number of ether oxygens (including phenoxy) is 1. The van der Waals surface area contributed by atoms with Gasteiger partial charge in [-0.15, -0.1) is 0 Å². The molecule has 0 aliphatic carbocycles. The van der Waals surface area contributed by atoms with Crippen LogP contribution in [0, 0.1) is 5.82 Å². The highest BCUT2D eigenvalue weighted by atomic mass is 19.1. The number of pyridine rings is 1. The number of likely N-dealkylation sites (N-methyl/N-ethyl adjacent to an activating group) is 1. The van der Waals surface area contributed by atoms with Crippen molar-refractivity contribution in [3.8, 4) is 17.0 Å². The topological polar surface area (TPSA) is 62.7 Å². The Balaban J connectivity index is 1.68. The summed E-state index contributed by atoms with van der Waals surface area (Å²) in [5.74, 6) is -0.315. The first-order valence-corrected chi connectivity index (χ1v) is 10.4. The van der Waals surface area contributed by atoms with E-state index < -0.39 is 6.04 Å². The standard InChI is InChI=1S/C25H24FN3O3/c1-28-13-14-29(24(30)19-11-12-27-23(16-19)32-2)22(25(28)31)15-18-5-3-4-6-21(18)17-7-9-20(26)10-8-17/h3-12,16,22H,13-15H2,1-2H3. The molecule has 1 unspecified atom stereocenters. The van der Waals surface area contributed by atoms with Gasteiger partial charge in [0.05, 0.1) is 7.11 Å². The second-order valence-corrected chi connectivity index (χ2v) is 7.73. The van der Waals surface area contributed by atoms with Crippen LogP contribution >= 0.6 is 0 Å². The van der Waals surface area contributed by atoms with Gasteiger partial charge in [0.2, 0.25) is 11.8 Å². The number of amides is 2. The van der Waals surface area contributed by atoms with Gasteiger partial charge in [0.15, 0.2) is 0 Å². The highest BCUT2D eigenvalue weighted by Gasteiger charge is 2.37. The zero-order valence-electron chi connectivity index (χ0n) is 18.0. The minimum absolute atomic E-state index is 0.112. The number of nitrogens with zero attached hydrogens (tertiary/aromatic N) is 3. The third-order valence-electron chi connectivity index (χ3n) is 5.75. The van der Waals surface area contributed by atoms with Gasteiger partial charge in [0, 0.05) is 44.4 Å². The quantitative estimate of drug-likeness (QED) is 0.619. The molecule has 0 spiro atoms. The maximum atomic E-state index is 13.4. The molecule has 32 heavy (non-hydrogen) atoms. The van der Waals surface area contributed by atoms with Gasteiger partial charge in [-0.2, -0.15) is 0 Å². The van der Waals surface area contributed by atoms with Crippen LogP contribution in [0.15, 0.2) is 66.9 Å². The van der Waals surface area contributed by atoms with Gasteiger partial charge >= 0.3 is 0 Å². The minimum Gasteiger partial charge on any atom is -0.481 e. The van der Waals surface area contributed by atoms with Crippen LogP contribution in [-0.4, -0.2) is 59.9 Å². The average Bonchev–Trinajstić information content (AvgIpc) is 2.83.